The van der Waals surface area contributed by atoms with E-state index in [1.165, 1.54) is 34.6 Å². The molecule has 0 unspecified atom stereocenters. The van der Waals surface area contributed by atoms with Crippen molar-refractivity contribution in [2.75, 3.05) is 19.6 Å². The molecule has 1 aromatic heterocycles. The Bertz CT molecular complexity index is 966. The van der Waals surface area contributed by atoms with Gasteiger partial charge in [0.15, 0.2) is 0 Å². The standard InChI is InChI=1S/C25H32N2O/c1-24(2)18-12-13-25(24,3)17-26(14-18)15-19(28)16-27-22-10-6-4-8-20(22)21-9-5-7-11-23(21)27/h4-11,18-19,28H,12-17H2,1-3H3/t18-,19+,25-/m1/s1. The van der Waals surface area contributed by atoms with E-state index in [0.717, 1.165) is 25.6 Å². The molecule has 3 aromatic rings. The van der Waals surface area contributed by atoms with Crippen LogP contribution >= 0.6 is 0 Å². The summed E-state index contributed by atoms with van der Waals surface area (Å²) < 4.78 is 2.31. The van der Waals surface area contributed by atoms with Crippen LogP contribution in [0.25, 0.3) is 21.8 Å². The second-order valence-electron chi connectivity index (χ2n) is 10.0. The van der Waals surface area contributed by atoms with Crippen LogP contribution in [0.1, 0.15) is 33.6 Å². The van der Waals surface area contributed by atoms with Crippen LogP contribution < -0.4 is 0 Å². The lowest BCUT2D eigenvalue weighted by Crippen LogP contribution is -2.53. The topological polar surface area (TPSA) is 28.4 Å². The van der Waals surface area contributed by atoms with E-state index in [1.54, 1.807) is 0 Å². The number of aliphatic hydroxyl groups excluding tert-OH is 1. The van der Waals surface area contributed by atoms with Crippen molar-refractivity contribution in [3.63, 3.8) is 0 Å². The highest BCUT2D eigenvalue weighted by Crippen LogP contribution is 2.58. The molecule has 5 rings (SSSR count). The van der Waals surface area contributed by atoms with Crippen molar-refractivity contribution in [2.24, 2.45) is 16.7 Å². The molecule has 3 atom stereocenters. The Hall–Kier alpha value is -1.84. The normalized spacial score (nSPS) is 28.2. The Labute approximate surface area is 168 Å². The molecule has 2 fully saturated rings. The minimum atomic E-state index is -0.358. The first-order valence-corrected chi connectivity index (χ1v) is 10.8. The zero-order chi connectivity index (χ0) is 19.5. The van der Waals surface area contributed by atoms with E-state index < -0.39 is 0 Å². The van der Waals surface area contributed by atoms with Gasteiger partial charge in [-0.25, -0.2) is 0 Å². The predicted molar refractivity (Wildman–Crippen MR) is 117 cm³/mol. The lowest BCUT2D eigenvalue weighted by molar-refractivity contribution is -0.0345. The fraction of sp³-hybridized carbons (Fsp3) is 0.520. The number of hydrogen-bond acceptors (Lipinski definition) is 2. The zero-order valence-corrected chi connectivity index (χ0v) is 17.4. The fourth-order valence-electron chi connectivity index (χ4n) is 6.05. The SMILES string of the molecule is CC1(C)[C@@H]2CC[C@]1(C)CN(C[C@H](O)Cn1c3ccccc3c3ccccc31)C2. The number of rotatable bonds is 4. The number of benzene rings is 2. The van der Waals surface area contributed by atoms with Gasteiger partial charge in [-0.3, -0.25) is 4.90 Å². The zero-order valence-electron chi connectivity index (χ0n) is 17.4. The van der Waals surface area contributed by atoms with E-state index in [9.17, 15) is 5.11 Å². The molecule has 1 aliphatic carbocycles. The molecule has 3 nitrogen and oxygen atoms in total. The molecule has 2 heterocycles. The summed E-state index contributed by atoms with van der Waals surface area (Å²) >= 11 is 0. The lowest BCUT2D eigenvalue weighted by atomic mass is 9.63. The van der Waals surface area contributed by atoms with Gasteiger partial charge in [0.25, 0.3) is 0 Å². The summed E-state index contributed by atoms with van der Waals surface area (Å²) in [5.74, 6) is 0.756. The van der Waals surface area contributed by atoms with Gasteiger partial charge in [-0.2, -0.15) is 0 Å². The summed E-state index contributed by atoms with van der Waals surface area (Å²) in [4.78, 5) is 2.53. The van der Waals surface area contributed by atoms with E-state index in [2.05, 4.69) is 78.8 Å². The highest BCUT2D eigenvalue weighted by atomic mass is 16.3. The van der Waals surface area contributed by atoms with Crippen LogP contribution in [0.3, 0.4) is 0 Å². The maximum atomic E-state index is 11.0. The van der Waals surface area contributed by atoms with Gasteiger partial charge in [0.2, 0.25) is 0 Å². The molecular formula is C25H32N2O. The Morgan fingerprint density at radius 3 is 2.18 bits per heavy atom. The summed E-state index contributed by atoms with van der Waals surface area (Å²) in [6.45, 7) is 11.0. The summed E-state index contributed by atoms with van der Waals surface area (Å²) in [5, 5.41) is 13.6. The molecule has 3 heteroatoms. The number of aromatic nitrogens is 1. The Balaban J connectivity index is 1.39. The Morgan fingerprint density at radius 1 is 0.964 bits per heavy atom. The number of aliphatic hydroxyl groups is 1. The number of fused-ring (bicyclic) bond motifs is 5. The number of likely N-dealkylation sites (tertiary alicyclic amines) is 1. The number of piperidine rings is 1. The minimum Gasteiger partial charge on any atom is -0.390 e. The van der Waals surface area contributed by atoms with E-state index >= 15 is 0 Å². The molecule has 2 bridgehead atoms. The van der Waals surface area contributed by atoms with Crippen LogP contribution in [0, 0.1) is 16.7 Å². The molecule has 2 aliphatic rings. The van der Waals surface area contributed by atoms with Crippen molar-refractivity contribution in [3.8, 4) is 0 Å². The molecule has 1 aliphatic heterocycles. The van der Waals surface area contributed by atoms with Crippen LogP contribution in [-0.2, 0) is 6.54 Å². The largest absolute Gasteiger partial charge is 0.390 e. The maximum absolute atomic E-state index is 11.0. The summed E-state index contributed by atoms with van der Waals surface area (Å²) in [5.41, 5.74) is 3.23. The van der Waals surface area contributed by atoms with Crippen LogP contribution in [0.2, 0.25) is 0 Å². The smallest absolute Gasteiger partial charge is 0.0845 e. The van der Waals surface area contributed by atoms with Gasteiger partial charge in [0, 0.05) is 41.4 Å². The highest BCUT2D eigenvalue weighted by Gasteiger charge is 2.55. The van der Waals surface area contributed by atoms with Gasteiger partial charge in [-0.15, -0.1) is 0 Å². The van der Waals surface area contributed by atoms with E-state index in [4.69, 9.17) is 0 Å². The third-order valence-electron chi connectivity index (χ3n) is 8.21. The minimum absolute atomic E-state index is 0.358. The molecule has 1 N–H and O–H groups in total. The number of nitrogens with zero attached hydrogens (tertiary/aromatic N) is 2. The first-order chi connectivity index (χ1) is 13.4. The molecule has 0 amide bonds. The number of hydrogen-bond donors (Lipinski definition) is 1. The Morgan fingerprint density at radius 2 is 1.57 bits per heavy atom. The molecule has 0 radical (unpaired) electrons. The van der Waals surface area contributed by atoms with Crippen LogP contribution in [0.5, 0.6) is 0 Å². The van der Waals surface area contributed by atoms with Gasteiger partial charge in [-0.05, 0) is 41.7 Å². The number of para-hydroxylation sites is 2. The highest BCUT2D eigenvalue weighted by molar-refractivity contribution is 6.07. The predicted octanol–water partition coefficient (Wildman–Crippen LogP) is 4.91. The molecule has 148 valence electrons. The molecule has 1 saturated heterocycles. The molecule has 0 spiro atoms. The van der Waals surface area contributed by atoms with Crippen molar-refractivity contribution >= 4 is 21.8 Å². The van der Waals surface area contributed by atoms with Crippen molar-refractivity contribution in [2.45, 2.75) is 46.3 Å². The van der Waals surface area contributed by atoms with Crippen LogP contribution in [0.15, 0.2) is 48.5 Å². The first kappa shape index (κ1) is 18.2. The maximum Gasteiger partial charge on any atom is 0.0845 e. The third kappa shape index (κ3) is 2.63. The quantitative estimate of drug-likeness (QED) is 0.700. The van der Waals surface area contributed by atoms with Crippen molar-refractivity contribution in [3.05, 3.63) is 48.5 Å². The van der Waals surface area contributed by atoms with Crippen LogP contribution in [-0.4, -0.2) is 40.3 Å². The first-order valence-electron chi connectivity index (χ1n) is 10.8. The van der Waals surface area contributed by atoms with E-state index in [-0.39, 0.29) is 6.10 Å². The monoisotopic (exact) mass is 376 g/mol. The van der Waals surface area contributed by atoms with Crippen molar-refractivity contribution < 1.29 is 5.11 Å². The second-order valence-corrected chi connectivity index (χ2v) is 10.0. The van der Waals surface area contributed by atoms with Gasteiger partial charge < -0.3 is 9.67 Å². The summed E-state index contributed by atoms with van der Waals surface area (Å²) in [6.07, 6.45) is 2.30. The summed E-state index contributed by atoms with van der Waals surface area (Å²) in [6, 6.07) is 17.1. The average Bonchev–Trinajstić information content (AvgIpc) is 2.99. The third-order valence-corrected chi connectivity index (χ3v) is 8.21. The van der Waals surface area contributed by atoms with Gasteiger partial charge in [-0.1, -0.05) is 57.2 Å². The number of β-amino-alcohol motifs (C(OH)–C–C–N with tert-alkyl or cyclic N) is 1. The van der Waals surface area contributed by atoms with E-state index in [0.29, 0.717) is 17.4 Å². The van der Waals surface area contributed by atoms with Crippen molar-refractivity contribution in [1.82, 2.24) is 9.47 Å². The van der Waals surface area contributed by atoms with Crippen LogP contribution in [0.4, 0.5) is 0 Å². The summed E-state index contributed by atoms with van der Waals surface area (Å²) in [7, 11) is 0. The fourth-order valence-corrected chi connectivity index (χ4v) is 6.05. The molecule has 1 saturated carbocycles. The van der Waals surface area contributed by atoms with Gasteiger partial charge >= 0.3 is 0 Å². The van der Waals surface area contributed by atoms with Crippen molar-refractivity contribution in [1.29, 1.82) is 0 Å². The molecule has 2 aromatic carbocycles. The van der Waals surface area contributed by atoms with Gasteiger partial charge in [0.1, 0.15) is 0 Å². The van der Waals surface area contributed by atoms with Gasteiger partial charge in [0.05, 0.1) is 12.6 Å². The average molecular weight is 377 g/mol. The second kappa shape index (κ2) is 6.33. The lowest BCUT2D eigenvalue weighted by Gasteiger charge is -2.50. The van der Waals surface area contributed by atoms with E-state index in [1.807, 2.05) is 0 Å². The molecular weight excluding hydrogens is 344 g/mol. The molecule has 28 heavy (non-hydrogen) atoms. The Kier molecular flexibility index (Phi) is 4.12.